The highest BCUT2D eigenvalue weighted by molar-refractivity contribution is 5.70. The van der Waals surface area contributed by atoms with Gasteiger partial charge in [0.2, 0.25) is 0 Å². The van der Waals surface area contributed by atoms with E-state index < -0.39 is 12.0 Å². The maximum Gasteiger partial charge on any atom is 0.122 e. The number of rotatable bonds is 6. The molecule has 0 radical (unpaired) electrons. The highest BCUT2D eigenvalue weighted by Gasteiger charge is 2.08. The summed E-state index contributed by atoms with van der Waals surface area (Å²) in [7, 11) is 0. The summed E-state index contributed by atoms with van der Waals surface area (Å²) in [6, 6.07) is 7.54. The molecule has 1 aromatic carbocycles. The molecule has 1 atom stereocenters. The van der Waals surface area contributed by atoms with E-state index in [9.17, 15) is 8.78 Å². The minimum atomic E-state index is -1.18. The van der Waals surface area contributed by atoms with E-state index in [1.165, 1.54) is 6.92 Å². The van der Waals surface area contributed by atoms with Crippen molar-refractivity contribution in [3.05, 3.63) is 35.8 Å². The fourth-order valence-electron chi connectivity index (χ4n) is 1.61. The number of para-hydroxylation sites is 2. The first-order valence-corrected chi connectivity index (χ1v) is 6.13. The molecule has 2 N–H and O–H groups in total. The zero-order chi connectivity index (χ0) is 13.5. The zero-order valence-electron chi connectivity index (χ0n) is 11.1. The van der Waals surface area contributed by atoms with Crippen LogP contribution in [0.2, 0.25) is 0 Å². The summed E-state index contributed by atoms with van der Waals surface area (Å²) in [4.78, 5) is 0. The van der Waals surface area contributed by atoms with Crippen LogP contribution in [0, 0.1) is 0 Å². The Morgan fingerprint density at radius 1 is 1.28 bits per heavy atom. The number of hydrogen-bond donors (Lipinski definition) is 2. The number of hydrogen-bond acceptors (Lipinski definition) is 2. The predicted octanol–water partition coefficient (Wildman–Crippen LogP) is 4.48. The summed E-state index contributed by atoms with van der Waals surface area (Å²) in [5.74, 6) is -0.448. The van der Waals surface area contributed by atoms with Gasteiger partial charge >= 0.3 is 0 Å². The first-order chi connectivity index (χ1) is 8.54. The third-order valence-corrected chi connectivity index (χ3v) is 2.48. The molecular weight excluding hydrogens is 234 g/mol. The Kier molecular flexibility index (Phi) is 5.62. The lowest BCUT2D eigenvalue weighted by molar-refractivity contribution is 0.337. The average molecular weight is 254 g/mol. The van der Waals surface area contributed by atoms with Gasteiger partial charge in [-0.1, -0.05) is 12.1 Å². The van der Waals surface area contributed by atoms with Gasteiger partial charge in [-0.3, -0.25) is 0 Å². The van der Waals surface area contributed by atoms with Gasteiger partial charge in [0.25, 0.3) is 0 Å². The molecule has 0 aromatic heterocycles. The lowest BCUT2D eigenvalue weighted by Crippen LogP contribution is -2.05. The van der Waals surface area contributed by atoms with Crippen LogP contribution in [0.3, 0.4) is 0 Å². The fourth-order valence-corrected chi connectivity index (χ4v) is 1.61. The highest BCUT2D eigenvalue weighted by Crippen LogP contribution is 2.24. The number of anilines is 2. The van der Waals surface area contributed by atoms with Crippen molar-refractivity contribution in [1.29, 1.82) is 0 Å². The number of alkyl halides is 1. The van der Waals surface area contributed by atoms with Gasteiger partial charge in [-0.15, -0.1) is 0 Å². The number of nitrogens with one attached hydrogen (secondary N) is 2. The molecule has 1 unspecified atom stereocenters. The molecule has 18 heavy (non-hydrogen) atoms. The molecule has 0 saturated heterocycles. The van der Waals surface area contributed by atoms with Crippen molar-refractivity contribution in [2.24, 2.45) is 0 Å². The normalized spacial score (nSPS) is 13.8. The zero-order valence-corrected chi connectivity index (χ0v) is 11.1. The van der Waals surface area contributed by atoms with Crippen molar-refractivity contribution in [2.45, 2.75) is 33.4 Å². The lowest BCUT2D eigenvalue weighted by Gasteiger charge is -2.14. The Bertz CT molecular complexity index is 414. The molecular formula is C14H20F2N2. The molecule has 0 aliphatic heterocycles. The Morgan fingerprint density at radius 2 is 1.89 bits per heavy atom. The van der Waals surface area contributed by atoms with Crippen LogP contribution in [0.1, 0.15) is 27.2 Å². The van der Waals surface area contributed by atoms with Gasteiger partial charge in [-0.2, -0.15) is 0 Å². The summed E-state index contributed by atoms with van der Waals surface area (Å²) in [5.41, 5.74) is 2.05. The number of halogens is 2. The average Bonchev–Trinajstić information content (AvgIpc) is 2.31. The van der Waals surface area contributed by atoms with Crippen LogP contribution in [-0.2, 0) is 0 Å². The van der Waals surface area contributed by atoms with Crippen molar-refractivity contribution in [3.8, 4) is 0 Å². The molecule has 0 bridgehead atoms. The fraction of sp³-hybridized carbons (Fsp3) is 0.429. The van der Waals surface area contributed by atoms with E-state index in [0.29, 0.717) is 5.70 Å². The molecule has 2 nitrogen and oxygen atoms in total. The lowest BCUT2D eigenvalue weighted by atomic mass is 10.2. The minimum absolute atomic E-state index is 0.192. The SMILES string of the molecule is CCNc1ccccc1NC(C)=C(F)CC(C)F. The minimum Gasteiger partial charge on any atom is -0.384 e. The highest BCUT2D eigenvalue weighted by atomic mass is 19.1. The van der Waals surface area contributed by atoms with E-state index in [-0.39, 0.29) is 6.42 Å². The van der Waals surface area contributed by atoms with Crippen LogP contribution >= 0.6 is 0 Å². The second kappa shape index (κ2) is 6.99. The molecule has 1 aromatic rings. The summed E-state index contributed by atoms with van der Waals surface area (Å²) in [6.07, 6.45) is -1.37. The number of benzene rings is 1. The Hall–Kier alpha value is -1.58. The van der Waals surface area contributed by atoms with E-state index in [1.54, 1.807) is 6.92 Å². The second-order valence-corrected chi connectivity index (χ2v) is 4.22. The van der Waals surface area contributed by atoms with E-state index in [2.05, 4.69) is 10.6 Å². The molecule has 0 aliphatic carbocycles. The van der Waals surface area contributed by atoms with Gasteiger partial charge in [-0.25, -0.2) is 8.78 Å². The summed E-state index contributed by atoms with van der Waals surface area (Å²) in [6.45, 7) is 5.73. The molecule has 0 saturated carbocycles. The maximum absolute atomic E-state index is 13.6. The topological polar surface area (TPSA) is 24.1 Å². The quantitative estimate of drug-likeness (QED) is 0.782. The third kappa shape index (κ3) is 4.35. The van der Waals surface area contributed by atoms with Gasteiger partial charge in [0.15, 0.2) is 0 Å². The van der Waals surface area contributed by atoms with Crippen LogP contribution in [-0.4, -0.2) is 12.7 Å². The molecule has 1 rings (SSSR count). The Morgan fingerprint density at radius 3 is 2.44 bits per heavy atom. The molecule has 0 amide bonds. The summed E-state index contributed by atoms with van der Waals surface area (Å²) in [5, 5.41) is 6.16. The first kappa shape index (κ1) is 14.5. The van der Waals surface area contributed by atoms with Crippen molar-refractivity contribution in [2.75, 3.05) is 17.2 Å². The Balaban J connectivity index is 2.83. The van der Waals surface area contributed by atoms with E-state index in [1.807, 2.05) is 31.2 Å². The van der Waals surface area contributed by atoms with Crippen molar-refractivity contribution < 1.29 is 8.78 Å². The van der Waals surface area contributed by atoms with Gasteiger partial charge < -0.3 is 10.6 Å². The van der Waals surface area contributed by atoms with Crippen molar-refractivity contribution >= 4 is 11.4 Å². The van der Waals surface area contributed by atoms with Crippen LogP contribution < -0.4 is 10.6 Å². The largest absolute Gasteiger partial charge is 0.384 e. The standard InChI is InChI=1S/C14H20F2N2/c1-4-17-13-7-5-6-8-14(13)18-11(3)12(16)9-10(2)15/h5-8,10,17-18H,4,9H2,1-3H3. The summed E-state index contributed by atoms with van der Waals surface area (Å²) >= 11 is 0. The van der Waals surface area contributed by atoms with Gasteiger partial charge in [0.1, 0.15) is 12.0 Å². The molecule has 0 fully saturated rings. The molecule has 0 heterocycles. The van der Waals surface area contributed by atoms with E-state index in [0.717, 1.165) is 17.9 Å². The maximum atomic E-state index is 13.6. The van der Waals surface area contributed by atoms with Crippen LogP contribution in [0.5, 0.6) is 0 Å². The predicted molar refractivity (Wildman–Crippen MR) is 73.2 cm³/mol. The number of allylic oxidation sites excluding steroid dienone is 2. The molecule has 4 heteroatoms. The van der Waals surface area contributed by atoms with Crippen LogP contribution in [0.25, 0.3) is 0 Å². The van der Waals surface area contributed by atoms with E-state index in [4.69, 9.17) is 0 Å². The van der Waals surface area contributed by atoms with Crippen molar-refractivity contribution in [3.63, 3.8) is 0 Å². The van der Waals surface area contributed by atoms with E-state index >= 15 is 0 Å². The third-order valence-electron chi connectivity index (χ3n) is 2.48. The van der Waals surface area contributed by atoms with Crippen molar-refractivity contribution in [1.82, 2.24) is 0 Å². The first-order valence-electron chi connectivity index (χ1n) is 6.13. The smallest absolute Gasteiger partial charge is 0.122 e. The molecule has 100 valence electrons. The molecule has 0 aliphatic rings. The van der Waals surface area contributed by atoms with Gasteiger partial charge in [0.05, 0.1) is 11.4 Å². The van der Waals surface area contributed by atoms with Gasteiger partial charge in [0, 0.05) is 18.7 Å². The van der Waals surface area contributed by atoms with Crippen LogP contribution in [0.15, 0.2) is 35.8 Å². The van der Waals surface area contributed by atoms with Crippen LogP contribution in [0.4, 0.5) is 20.2 Å². The van der Waals surface area contributed by atoms with Gasteiger partial charge in [-0.05, 0) is 32.9 Å². The summed E-state index contributed by atoms with van der Waals surface area (Å²) < 4.78 is 26.3. The Labute approximate surface area is 107 Å². The monoisotopic (exact) mass is 254 g/mol. The second-order valence-electron chi connectivity index (χ2n) is 4.22. The molecule has 0 spiro atoms.